The van der Waals surface area contributed by atoms with Crippen LogP contribution in [0.1, 0.15) is 5.56 Å². The Bertz CT molecular complexity index is 1140. The fraction of sp³-hybridized carbons (Fsp3) is 0.0909. The molecule has 1 aliphatic heterocycles. The van der Waals surface area contributed by atoms with Crippen LogP contribution in [0.4, 0.5) is 5.95 Å². The number of benzene rings is 1. The molecule has 150 valence electrons. The van der Waals surface area contributed by atoms with Crippen LogP contribution in [0.3, 0.4) is 0 Å². The number of rotatable bonds is 5. The second kappa shape index (κ2) is 8.75. The van der Waals surface area contributed by atoms with Crippen molar-refractivity contribution in [2.75, 3.05) is 12.1 Å². The predicted octanol–water partition coefficient (Wildman–Crippen LogP) is 4.36. The largest absolute Gasteiger partial charge is 0.454 e. The summed E-state index contributed by atoms with van der Waals surface area (Å²) >= 11 is 0. The monoisotopic (exact) mass is 419 g/mol. The number of halogens is 1. The average Bonchev–Trinajstić information content (AvgIpc) is 3.27. The third kappa shape index (κ3) is 4.01. The van der Waals surface area contributed by atoms with Gasteiger partial charge < -0.3 is 14.8 Å². The number of hydrogen-bond donors (Lipinski definition) is 1. The van der Waals surface area contributed by atoms with Gasteiger partial charge in [0.25, 0.3) is 0 Å². The fourth-order valence-electron chi connectivity index (χ4n) is 3.15. The zero-order valence-corrected chi connectivity index (χ0v) is 16.7. The number of nitrogens with one attached hydrogen (secondary N) is 1. The first kappa shape index (κ1) is 19.6. The Morgan fingerprint density at radius 1 is 0.867 bits per heavy atom. The van der Waals surface area contributed by atoms with Gasteiger partial charge in [-0.3, -0.25) is 9.97 Å². The smallest absolute Gasteiger partial charge is 0.231 e. The van der Waals surface area contributed by atoms with Crippen LogP contribution < -0.4 is 14.8 Å². The lowest BCUT2D eigenvalue weighted by Gasteiger charge is -2.12. The highest BCUT2D eigenvalue weighted by Gasteiger charge is 2.17. The van der Waals surface area contributed by atoms with Crippen molar-refractivity contribution in [1.82, 2.24) is 19.9 Å². The molecule has 0 unspecified atom stereocenters. The highest BCUT2D eigenvalue weighted by molar-refractivity contribution is 5.85. The minimum Gasteiger partial charge on any atom is -0.454 e. The van der Waals surface area contributed by atoms with E-state index >= 15 is 0 Å². The second-order valence-corrected chi connectivity index (χ2v) is 6.47. The number of nitrogens with zero attached hydrogens (tertiary/aromatic N) is 4. The van der Waals surface area contributed by atoms with Crippen LogP contribution in [0.5, 0.6) is 11.5 Å². The molecule has 0 saturated carbocycles. The summed E-state index contributed by atoms with van der Waals surface area (Å²) in [5.74, 6) is 2.01. The average molecular weight is 420 g/mol. The number of hydrogen-bond acceptors (Lipinski definition) is 7. The van der Waals surface area contributed by atoms with Gasteiger partial charge >= 0.3 is 0 Å². The molecule has 4 heterocycles. The zero-order valence-electron chi connectivity index (χ0n) is 15.9. The summed E-state index contributed by atoms with van der Waals surface area (Å²) < 4.78 is 10.9. The van der Waals surface area contributed by atoms with E-state index in [1.54, 1.807) is 24.8 Å². The SMILES string of the molecule is Cl.c1cncc(-c2nc(NCc3ccncc3)ncc2-c2ccc3c(c2)OCO3)c1. The van der Waals surface area contributed by atoms with Gasteiger partial charge in [-0.2, -0.15) is 0 Å². The van der Waals surface area contributed by atoms with Crippen LogP contribution in [0.25, 0.3) is 22.4 Å². The Morgan fingerprint density at radius 3 is 2.57 bits per heavy atom. The standard InChI is InChI=1S/C22H17N5O2.ClH/c1-2-17(12-24-7-1)21-18(16-3-4-19-20(10-16)29-14-28-19)13-26-22(27-21)25-11-15-5-8-23-9-6-15;/h1-10,12-13H,11,14H2,(H,25,26,27);1H. The Kier molecular flexibility index (Phi) is 5.72. The predicted molar refractivity (Wildman–Crippen MR) is 116 cm³/mol. The molecule has 0 radical (unpaired) electrons. The summed E-state index contributed by atoms with van der Waals surface area (Å²) in [4.78, 5) is 17.6. The molecule has 0 bridgehead atoms. The van der Waals surface area contributed by atoms with Gasteiger partial charge in [-0.05, 0) is 47.5 Å². The minimum absolute atomic E-state index is 0. The molecule has 30 heavy (non-hydrogen) atoms. The molecule has 7 nitrogen and oxygen atoms in total. The lowest BCUT2D eigenvalue weighted by atomic mass is 10.0. The zero-order chi connectivity index (χ0) is 19.5. The van der Waals surface area contributed by atoms with Crippen LogP contribution in [-0.4, -0.2) is 26.7 Å². The Labute approximate surface area is 179 Å². The highest BCUT2D eigenvalue weighted by atomic mass is 35.5. The highest BCUT2D eigenvalue weighted by Crippen LogP contribution is 2.38. The number of anilines is 1. The van der Waals surface area contributed by atoms with E-state index in [1.165, 1.54) is 0 Å². The number of fused-ring (bicyclic) bond motifs is 1. The van der Waals surface area contributed by atoms with Crippen LogP contribution in [0, 0.1) is 0 Å². The lowest BCUT2D eigenvalue weighted by Crippen LogP contribution is -2.05. The van der Waals surface area contributed by atoms with Gasteiger partial charge in [-0.25, -0.2) is 9.97 Å². The third-order valence-corrected chi connectivity index (χ3v) is 4.61. The molecule has 0 saturated heterocycles. The minimum atomic E-state index is 0. The summed E-state index contributed by atoms with van der Waals surface area (Å²) in [6.07, 6.45) is 8.89. The molecule has 1 aliphatic rings. The quantitative estimate of drug-likeness (QED) is 0.514. The van der Waals surface area contributed by atoms with Gasteiger partial charge in [0, 0.05) is 48.7 Å². The van der Waals surface area contributed by atoms with Crippen molar-refractivity contribution in [1.29, 1.82) is 0 Å². The summed E-state index contributed by atoms with van der Waals surface area (Å²) in [5.41, 5.74) is 4.66. The number of ether oxygens (including phenoxy) is 2. The molecular formula is C22H18ClN5O2. The van der Waals surface area contributed by atoms with Crippen molar-refractivity contribution >= 4 is 18.4 Å². The Morgan fingerprint density at radius 2 is 1.73 bits per heavy atom. The van der Waals surface area contributed by atoms with Crippen molar-refractivity contribution in [3.05, 3.63) is 79.0 Å². The van der Waals surface area contributed by atoms with E-state index in [0.717, 1.165) is 39.4 Å². The van der Waals surface area contributed by atoms with Gasteiger partial charge in [0.2, 0.25) is 12.7 Å². The molecule has 0 aliphatic carbocycles. The number of pyridine rings is 2. The maximum atomic E-state index is 5.52. The first-order valence-corrected chi connectivity index (χ1v) is 9.17. The molecule has 8 heteroatoms. The van der Waals surface area contributed by atoms with Gasteiger partial charge in [0.1, 0.15) is 0 Å². The van der Waals surface area contributed by atoms with Gasteiger partial charge in [-0.1, -0.05) is 6.07 Å². The molecule has 4 aromatic rings. The van der Waals surface area contributed by atoms with Crippen LogP contribution in [0.2, 0.25) is 0 Å². The molecule has 3 aromatic heterocycles. The van der Waals surface area contributed by atoms with Crippen LogP contribution in [0.15, 0.2) is 73.4 Å². The van der Waals surface area contributed by atoms with Crippen molar-refractivity contribution in [3.8, 4) is 33.9 Å². The molecule has 5 rings (SSSR count). The first-order valence-electron chi connectivity index (χ1n) is 9.17. The van der Waals surface area contributed by atoms with Crippen LogP contribution in [-0.2, 0) is 6.54 Å². The summed E-state index contributed by atoms with van der Waals surface area (Å²) in [6, 6.07) is 13.6. The van der Waals surface area contributed by atoms with E-state index in [4.69, 9.17) is 14.5 Å². The molecule has 1 N–H and O–H groups in total. The van der Waals surface area contributed by atoms with Gasteiger partial charge in [-0.15, -0.1) is 12.4 Å². The third-order valence-electron chi connectivity index (χ3n) is 4.61. The van der Waals surface area contributed by atoms with Gasteiger partial charge in [0.05, 0.1) is 5.69 Å². The Hall–Kier alpha value is -3.71. The fourth-order valence-corrected chi connectivity index (χ4v) is 3.15. The van der Waals surface area contributed by atoms with E-state index in [-0.39, 0.29) is 19.2 Å². The van der Waals surface area contributed by atoms with E-state index in [0.29, 0.717) is 12.5 Å². The molecule has 0 spiro atoms. The summed E-state index contributed by atoms with van der Waals surface area (Å²) in [7, 11) is 0. The molecule has 0 fully saturated rings. The van der Waals surface area contributed by atoms with E-state index < -0.39 is 0 Å². The van der Waals surface area contributed by atoms with Gasteiger partial charge in [0.15, 0.2) is 11.5 Å². The molecule has 1 aromatic carbocycles. The van der Waals surface area contributed by atoms with Crippen molar-refractivity contribution in [2.45, 2.75) is 6.54 Å². The maximum Gasteiger partial charge on any atom is 0.231 e. The van der Waals surface area contributed by atoms with Crippen LogP contribution >= 0.6 is 12.4 Å². The first-order chi connectivity index (χ1) is 14.4. The number of aromatic nitrogens is 4. The lowest BCUT2D eigenvalue weighted by molar-refractivity contribution is 0.174. The van der Waals surface area contributed by atoms with E-state index in [9.17, 15) is 0 Å². The normalized spacial score (nSPS) is 11.6. The maximum absolute atomic E-state index is 5.52. The molecular weight excluding hydrogens is 402 g/mol. The second-order valence-electron chi connectivity index (χ2n) is 6.47. The van der Waals surface area contributed by atoms with E-state index in [1.807, 2.05) is 48.7 Å². The van der Waals surface area contributed by atoms with Crippen molar-refractivity contribution < 1.29 is 9.47 Å². The van der Waals surface area contributed by atoms with Crippen molar-refractivity contribution in [3.63, 3.8) is 0 Å². The topological polar surface area (TPSA) is 82.1 Å². The molecule has 0 amide bonds. The molecule has 0 atom stereocenters. The van der Waals surface area contributed by atoms with E-state index in [2.05, 4.69) is 20.3 Å². The summed E-state index contributed by atoms with van der Waals surface area (Å²) in [5, 5.41) is 3.28. The summed E-state index contributed by atoms with van der Waals surface area (Å²) in [6.45, 7) is 0.848. The Balaban J connectivity index is 0.00000218. The van der Waals surface area contributed by atoms with Crippen molar-refractivity contribution in [2.24, 2.45) is 0 Å².